The minimum absolute atomic E-state index is 0.161. The third-order valence-corrected chi connectivity index (χ3v) is 4.43. The van der Waals surface area contributed by atoms with Gasteiger partial charge in [-0.25, -0.2) is 13.2 Å². The van der Waals surface area contributed by atoms with Crippen molar-refractivity contribution in [1.29, 1.82) is 0 Å². The van der Waals surface area contributed by atoms with Gasteiger partial charge in [-0.05, 0) is 38.1 Å². The fourth-order valence-electron chi connectivity index (χ4n) is 2.10. The molecule has 0 unspecified atom stereocenters. The summed E-state index contributed by atoms with van der Waals surface area (Å²) in [6.45, 7) is 2.29. The smallest absolute Gasteiger partial charge is 0.305 e. The Hall–Kier alpha value is -2.09. The van der Waals surface area contributed by atoms with E-state index in [0.717, 1.165) is 33.2 Å². The van der Waals surface area contributed by atoms with Gasteiger partial charge in [0, 0.05) is 16.3 Å². The fraction of sp³-hybridized carbons (Fsp3) is 0.333. The van der Waals surface area contributed by atoms with Crippen LogP contribution in [-0.4, -0.2) is 23.4 Å². The van der Waals surface area contributed by atoms with E-state index in [0.29, 0.717) is 5.69 Å². The van der Waals surface area contributed by atoms with Gasteiger partial charge in [-0.2, -0.15) is 0 Å². The number of anilines is 1. The molecule has 0 aliphatic carbocycles. The molecule has 1 amide bonds. The third-order valence-electron chi connectivity index (χ3n) is 3.43. The highest BCUT2D eigenvalue weighted by Crippen LogP contribution is 2.18. The van der Waals surface area contributed by atoms with Crippen molar-refractivity contribution in [3.05, 3.63) is 50.3 Å². The number of benzene rings is 1. The third kappa shape index (κ3) is 4.01. The van der Waals surface area contributed by atoms with E-state index in [-0.39, 0.29) is 17.1 Å². The van der Waals surface area contributed by atoms with Crippen LogP contribution in [-0.2, 0) is 11.3 Å². The van der Waals surface area contributed by atoms with Crippen molar-refractivity contribution in [2.75, 3.05) is 11.4 Å². The number of rotatable bonds is 5. The number of hydrogen-bond donors (Lipinski definition) is 0. The predicted molar refractivity (Wildman–Crippen MR) is 82.8 cm³/mol. The minimum atomic E-state index is -2.74. The molecule has 0 saturated heterocycles. The first-order valence-corrected chi connectivity index (χ1v) is 7.62. The molecule has 0 fully saturated rings. The number of alkyl halides is 2. The minimum Gasteiger partial charge on any atom is -0.305 e. The molecule has 23 heavy (non-hydrogen) atoms. The van der Waals surface area contributed by atoms with E-state index in [4.69, 9.17) is 0 Å². The average Bonchev–Trinajstić information content (AvgIpc) is 2.72. The summed E-state index contributed by atoms with van der Waals surface area (Å²) in [5, 5.41) is 0. The number of aromatic nitrogens is 1. The van der Waals surface area contributed by atoms with E-state index in [2.05, 4.69) is 0 Å². The highest BCUT2D eigenvalue weighted by atomic mass is 32.1. The standard InChI is InChI=1S/C15H15F3N2O2S/c1-9-10(2)23-15(22)19(9)8-14(21)20(7-13(17)18)12-5-3-11(16)4-6-12/h3-6,13H,7-8H2,1-2H3. The maximum absolute atomic E-state index is 13.0. The molecule has 0 atom stereocenters. The summed E-state index contributed by atoms with van der Waals surface area (Å²) in [7, 11) is 0. The average molecular weight is 344 g/mol. The van der Waals surface area contributed by atoms with Gasteiger partial charge in [0.1, 0.15) is 12.4 Å². The molecule has 124 valence electrons. The lowest BCUT2D eigenvalue weighted by atomic mass is 10.2. The van der Waals surface area contributed by atoms with Crippen LogP contribution in [0.2, 0.25) is 0 Å². The van der Waals surface area contributed by atoms with Crippen molar-refractivity contribution in [3.8, 4) is 0 Å². The van der Waals surface area contributed by atoms with Crippen LogP contribution in [0.5, 0.6) is 0 Å². The van der Waals surface area contributed by atoms with Gasteiger partial charge in [0.05, 0.1) is 6.54 Å². The van der Waals surface area contributed by atoms with Crippen LogP contribution in [0.15, 0.2) is 29.1 Å². The molecule has 2 rings (SSSR count). The SMILES string of the molecule is Cc1sc(=O)n(CC(=O)N(CC(F)F)c2ccc(F)cc2)c1C. The molecule has 0 bridgehead atoms. The number of halogens is 3. The van der Waals surface area contributed by atoms with Crippen molar-refractivity contribution in [1.82, 2.24) is 4.57 Å². The molecule has 4 nitrogen and oxygen atoms in total. The summed E-state index contributed by atoms with van der Waals surface area (Å²) in [5.41, 5.74) is 0.791. The van der Waals surface area contributed by atoms with Gasteiger partial charge >= 0.3 is 4.87 Å². The first-order valence-electron chi connectivity index (χ1n) is 6.80. The summed E-state index contributed by atoms with van der Waals surface area (Å²) in [5.74, 6) is -1.18. The Labute approximate surface area is 134 Å². The van der Waals surface area contributed by atoms with E-state index in [1.165, 1.54) is 16.7 Å². The number of carbonyl (C=O) groups excluding carboxylic acids is 1. The van der Waals surface area contributed by atoms with Crippen molar-refractivity contribution in [2.45, 2.75) is 26.8 Å². The number of amides is 1. The lowest BCUT2D eigenvalue weighted by Gasteiger charge is -2.23. The normalized spacial score (nSPS) is 11.0. The van der Waals surface area contributed by atoms with Crippen LogP contribution < -0.4 is 9.77 Å². The Morgan fingerprint density at radius 2 is 1.87 bits per heavy atom. The zero-order chi connectivity index (χ0) is 17.1. The number of thiazole rings is 1. The van der Waals surface area contributed by atoms with E-state index < -0.39 is 24.7 Å². The Balaban J connectivity index is 2.30. The molecular formula is C15H15F3N2O2S. The van der Waals surface area contributed by atoms with E-state index in [1.54, 1.807) is 13.8 Å². The summed E-state index contributed by atoms with van der Waals surface area (Å²) in [6.07, 6.45) is -2.74. The molecule has 0 radical (unpaired) electrons. The zero-order valence-electron chi connectivity index (χ0n) is 12.6. The fourth-order valence-corrected chi connectivity index (χ4v) is 2.93. The quantitative estimate of drug-likeness (QED) is 0.837. The van der Waals surface area contributed by atoms with Crippen LogP contribution >= 0.6 is 11.3 Å². The molecule has 1 heterocycles. The van der Waals surface area contributed by atoms with Crippen LogP contribution in [0.4, 0.5) is 18.9 Å². The largest absolute Gasteiger partial charge is 0.308 e. The van der Waals surface area contributed by atoms with Gasteiger partial charge in [0.25, 0.3) is 6.43 Å². The second-order valence-electron chi connectivity index (χ2n) is 4.97. The van der Waals surface area contributed by atoms with Gasteiger partial charge in [-0.3, -0.25) is 14.2 Å². The molecule has 1 aromatic heterocycles. The lowest BCUT2D eigenvalue weighted by molar-refractivity contribution is -0.119. The van der Waals surface area contributed by atoms with Crippen molar-refractivity contribution >= 4 is 22.9 Å². The molecule has 8 heteroatoms. The highest BCUT2D eigenvalue weighted by molar-refractivity contribution is 7.09. The number of aryl methyl sites for hydroxylation is 1. The van der Waals surface area contributed by atoms with Crippen molar-refractivity contribution in [2.24, 2.45) is 0 Å². The summed E-state index contributed by atoms with van der Waals surface area (Å²) >= 11 is 1.00. The molecule has 1 aromatic carbocycles. The van der Waals surface area contributed by atoms with Crippen LogP contribution in [0.1, 0.15) is 10.6 Å². The summed E-state index contributed by atoms with van der Waals surface area (Å²) in [4.78, 5) is 25.5. The Morgan fingerprint density at radius 3 is 2.35 bits per heavy atom. The molecule has 0 aliphatic heterocycles. The van der Waals surface area contributed by atoms with Crippen molar-refractivity contribution < 1.29 is 18.0 Å². The van der Waals surface area contributed by atoms with E-state index in [1.807, 2.05) is 0 Å². The maximum Gasteiger partial charge on any atom is 0.308 e. The van der Waals surface area contributed by atoms with Crippen LogP contribution in [0, 0.1) is 19.7 Å². The molecule has 0 saturated carbocycles. The van der Waals surface area contributed by atoms with Gasteiger partial charge in [-0.15, -0.1) is 0 Å². The second-order valence-corrected chi connectivity index (χ2v) is 6.13. The van der Waals surface area contributed by atoms with Crippen LogP contribution in [0.3, 0.4) is 0 Å². The molecular weight excluding hydrogens is 329 g/mol. The van der Waals surface area contributed by atoms with Crippen LogP contribution in [0.25, 0.3) is 0 Å². The predicted octanol–water partition coefficient (Wildman–Crippen LogP) is 2.96. The Bertz CT molecular complexity index is 753. The topological polar surface area (TPSA) is 42.3 Å². The van der Waals surface area contributed by atoms with Crippen molar-refractivity contribution in [3.63, 3.8) is 0 Å². The molecule has 2 aromatic rings. The highest BCUT2D eigenvalue weighted by Gasteiger charge is 2.22. The summed E-state index contributed by atoms with van der Waals surface area (Å²) < 4.78 is 39.8. The zero-order valence-corrected chi connectivity index (χ0v) is 13.4. The maximum atomic E-state index is 13.0. The molecule has 0 aliphatic rings. The van der Waals surface area contributed by atoms with E-state index in [9.17, 15) is 22.8 Å². The molecule has 0 spiro atoms. The van der Waals surface area contributed by atoms with Gasteiger partial charge in [0.2, 0.25) is 5.91 Å². The number of hydrogen-bond acceptors (Lipinski definition) is 3. The Kier molecular flexibility index (Phi) is 5.25. The second kappa shape index (κ2) is 6.99. The number of nitrogens with zero attached hydrogens (tertiary/aromatic N) is 2. The van der Waals surface area contributed by atoms with Gasteiger partial charge < -0.3 is 4.90 Å². The van der Waals surface area contributed by atoms with Gasteiger partial charge in [0.15, 0.2) is 0 Å². The van der Waals surface area contributed by atoms with E-state index >= 15 is 0 Å². The van der Waals surface area contributed by atoms with Gasteiger partial charge in [-0.1, -0.05) is 11.3 Å². The summed E-state index contributed by atoms with van der Waals surface area (Å²) in [6, 6.07) is 4.69. The number of carbonyl (C=O) groups is 1. The Morgan fingerprint density at radius 1 is 1.26 bits per heavy atom. The molecule has 0 N–H and O–H groups in total. The first kappa shape index (κ1) is 17.3. The monoisotopic (exact) mass is 344 g/mol. The lowest BCUT2D eigenvalue weighted by Crippen LogP contribution is -2.39. The first-order chi connectivity index (χ1) is 10.8.